The Morgan fingerprint density at radius 2 is 2.00 bits per heavy atom. The molecule has 0 aliphatic carbocycles. The van der Waals surface area contributed by atoms with Crippen LogP contribution in [-0.4, -0.2) is 30.0 Å². The van der Waals surface area contributed by atoms with Crippen molar-refractivity contribution in [2.45, 2.75) is 6.92 Å². The number of para-hydroxylation sites is 2. The summed E-state index contributed by atoms with van der Waals surface area (Å²) in [5, 5.41) is 7.56. The predicted molar refractivity (Wildman–Crippen MR) is 74.9 cm³/mol. The summed E-state index contributed by atoms with van der Waals surface area (Å²) in [6.07, 6.45) is 1.96. The number of rotatable bonds is 6. The highest BCUT2D eigenvalue weighted by molar-refractivity contribution is 5.45. The van der Waals surface area contributed by atoms with Crippen LogP contribution in [-0.2, 0) is 7.05 Å². The van der Waals surface area contributed by atoms with Crippen LogP contribution in [0, 0.1) is 6.92 Å². The highest BCUT2D eigenvalue weighted by atomic mass is 16.5. The molecular formula is C14H19N3O2. The molecule has 0 radical (unpaired) electrons. The molecule has 1 heterocycles. The zero-order chi connectivity index (χ0) is 13.7. The van der Waals surface area contributed by atoms with Crippen LogP contribution in [0.25, 0.3) is 0 Å². The van der Waals surface area contributed by atoms with Gasteiger partial charge in [0.15, 0.2) is 11.5 Å². The monoisotopic (exact) mass is 261 g/mol. The molecule has 1 N–H and O–H groups in total. The van der Waals surface area contributed by atoms with E-state index in [1.165, 1.54) is 0 Å². The van der Waals surface area contributed by atoms with Crippen LogP contribution in [0.15, 0.2) is 30.5 Å². The molecule has 0 fully saturated rings. The van der Waals surface area contributed by atoms with E-state index in [0.717, 1.165) is 22.9 Å². The maximum Gasteiger partial charge on any atom is 0.161 e. The number of methoxy groups -OCH3 is 1. The summed E-state index contributed by atoms with van der Waals surface area (Å²) in [5.41, 5.74) is 2.02. The van der Waals surface area contributed by atoms with Crippen LogP contribution in [0.4, 0.5) is 5.69 Å². The maximum atomic E-state index is 5.68. The van der Waals surface area contributed by atoms with Gasteiger partial charge in [-0.2, -0.15) is 5.10 Å². The molecule has 102 valence electrons. The van der Waals surface area contributed by atoms with Gasteiger partial charge in [-0.25, -0.2) is 0 Å². The molecule has 0 aliphatic heterocycles. The van der Waals surface area contributed by atoms with E-state index in [0.29, 0.717) is 13.2 Å². The van der Waals surface area contributed by atoms with Crippen molar-refractivity contribution in [1.29, 1.82) is 0 Å². The second-order valence-corrected chi connectivity index (χ2v) is 4.23. The molecule has 5 nitrogen and oxygen atoms in total. The van der Waals surface area contributed by atoms with Gasteiger partial charge in [0.2, 0.25) is 0 Å². The van der Waals surface area contributed by atoms with Crippen molar-refractivity contribution in [3.05, 3.63) is 36.2 Å². The molecule has 1 aromatic heterocycles. The minimum Gasteiger partial charge on any atom is -0.493 e. The summed E-state index contributed by atoms with van der Waals surface area (Å²) in [6, 6.07) is 7.63. The van der Waals surface area contributed by atoms with Gasteiger partial charge < -0.3 is 14.8 Å². The first-order chi connectivity index (χ1) is 9.20. The molecule has 19 heavy (non-hydrogen) atoms. The summed E-state index contributed by atoms with van der Waals surface area (Å²) in [5.74, 6) is 1.51. The van der Waals surface area contributed by atoms with Gasteiger partial charge in [0.25, 0.3) is 0 Å². The Morgan fingerprint density at radius 3 is 2.63 bits per heavy atom. The second kappa shape index (κ2) is 6.13. The SMILES string of the molecule is COc1ccccc1OCCNc1cn(C)nc1C. The average molecular weight is 261 g/mol. The number of ether oxygens (including phenoxy) is 2. The lowest BCUT2D eigenvalue weighted by Crippen LogP contribution is -2.12. The highest BCUT2D eigenvalue weighted by Gasteiger charge is 2.03. The number of hydrogen-bond donors (Lipinski definition) is 1. The normalized spacial score (nSPS) is 10.3. The molecule has 0 spiro atoms. The Morgan fingerprint density at radius 1 is 1.26 bits per heavy atom. The van der Waals surface area contributed by atoms with Gasteiger partial charge >= 0.3 is 0 Å². The van der Waals surface area contributed by atoms with Crippen LogP contribution in [0.2, 0.25) is 0 Å². The third-order valence-corrected chi connectivity index (χ3v) is 2.76. The van der Waals surface area contributed by atoms with Crippen molar-refractivity contribution in [3.8, 4) is 11.5 Å². The third-order valence-electron chi connectivity index (χ3n) is 2.76. The second-order valence-electron chi connectivity index (χ2n) is 4.23. The van der Waals surface area contributed by atoms with E-state index < -0.39 is 0 Å². The first kappa shape index (κ1) is 13.3. The minimum atomic E-state index is 0.564. The van der Waals surface area contributed by atoms with E-state index in [1.807, 2.05) is 44.4 Å². The van der Waals surface area contributed by atoms with Crippen LogP contribution < -0.4 is 14.8 Å². The van der Waals surface area contributed by atoms with Crippen LogP contribution >= 0.6 is 0 Å². The van der Waals surface area contributed by atoms with E-state index in [9.17, 15) is 0 Å². The molecule has 5 heteroatoms. The van der Waals surface area contributed by atoms with Crippen molar-refractivity contribution >= 4 is 5.69 Å². The first-order valence-electron chi connectivity index (χ1n) is 6.20. The topological polar surface area (TPSA) is 48.3 Å². The van der Waals surface area contributed by atoms with E-state index in [1.54, 1.807) is 11.8 Å². The maximum absolute atomic E-state index is 5.68. The smallest absolute Gasteiger partial charge is 0.161 e. The zero-order valence-electron chi connectivity index (χ0n) is 11.5. The third kappa shape index (κ3) is 3.40. The van der Waals surface area contributed by atoms with E-state index in [-0.39, 0.29) is 0 Å². The zero-order valence-corrected chi connectivity index (χ0v) is 11.5. The van der Waals surface area contributed by atoms with Crippen molar-refractivity contribution in [3.63, 3.8) is 0 Å². The largest absolute Gasteiger partial charge is 0.493 e. The number of hydrogen-bond acceptors (Lipinski definition) is 4. The van der Waals surface area contributed by atoms with Gasteiger partial charge in [0.05, 0.1) is 18.5 Å². The number of aromatic nitrogens is 2. The summed E-state index contributed by atoms with van der Waals surface area (Å²) in [4.78, 5) is 0. The van der Waals surface area contributed by atoms with Gasteiger partial charge in [-0.15, -0.1) is 0 Å². The molecular weight excluding hydrogens is 242 g/mol. The Balaban J connectivity index is 1.82. The first-order valence-corrected chi connectivity index (χ1v) is 6.20. The molecule has 2 rings (SSSR count). The lowest BCUT2D eigenvalue weighted by molar-refractivity contribution is 0.306. The van der Waals surface area contributed by atoms with Crippen molar-refractivity contribution in [1.82, 2.24) is 9.78 Å². The standard InChI is InChI=1S/C14H19N3O2/c1-11-12(10-17(2)16-11)15-8-9-19-14-7-5-4-6-13(14)18-3/h4-7,10,15H,8-9H2,1-3H3. The molecule has 0 saturated carbocycles. The summed E-state index contributed by atoms with van der Waals surface area (Å²) < 4.78 is 12.7. The van der Waals surface area contributed by atoms with Crippen LogP contribution in [0.1, 0.15) is 5.69 Å². The Kier molecular flexibility index (Phi) is 4.28. The van der Waals surface area contributed by atoms with Gasteiger partial charge in [0.1, 0.15) is 6.61 Å². The molecule has 0 bridgehead atoms. The van der Waals surface area contributed by atoms with Crippen molar-refractivity contribution < 1.29 is 9.47 Å². The van der Waals surface area contributed by atoms with Gasteiger partial charge in [0, 0.05) is 19.8 Å². The molecule has 2 aromatic rings. The fraction of sp³-hybridized carbons (Fsp3) is 0.357. The Labute approximate surface area is 113 Å². The predicted octanol–water partition coefficient (Wildman–Crippen LogP) is 2.23. The van der Waals surface area contributed by atoms with Gasteiger partial charge in [-0.3, -0.25) is 4.68 Å². The number of aryl methyl sites for hydroxylation is 2. The minimum absolute atomic E-state index is 0.564. The fourth-order valence-electron chi connectivity index (χ4n) is 1.86. The Hall–Kier alpha value is -2.17. The summed E-state index contributed by atoms with van der Waals surface area (Å²) in [6.45, 7) is 3.25. The molecule has 0 aliphatic rings. The lowest BCUT2D eigenvalue weighted by Gasteiger charge is -2.10. The van der Waals surface area contributed by atoms with E-state index in [2.05, 4.69) is 10.4 Å². The number of nitrogens with zero attached hydrogens (tertiary/aromatic N) is 2. The lowest BCUT2D eigenvalue weighted by atomic mass is 10.3. The molecule has 0 unspecified atom stereocenters. The number of anilines is 1. The van der Waals surface area contributed by atoms with Gasteiger partial charge in [-0.05, 0) is 19.1 Å². The number of benzene rings is 1. The molecule has 0 saturated heterocycles. The van der Waals surface area contributed by atoms with Gasteiger partial charge in [-0.1, -0.05) is 12.1 Å². The van der Waals surface area contributed by atoms with Crippen LogP contribution in [0.3, 0.4) is 0 Å². The summed E-state index contributed by atoms with van der Waals surface area (Å²) >= 11 is 0. The van der Waals surface area contributed by atoms with Crippen molar-refractivity contribution in [2.24, 2.45) is 7.05 Å². The Bertz CT molecular complexity index is 537. The van der Waals surface area contributed by atoms with E-state index in [4.69, 9.17) is 9.47 Å². The van der Waals surface area contributed by atoms with Crippen molar-refractivity contribution in [2.75, 3.05) is 25.6 Å². The fourth-order valence-corrected chi connectivity index (χ4v) is 1.86. The van der Waals surface area contributed by atoms with E-state index >= 15 is 0 Å². The average Bonchev–Trinajstić information content (AvgIpc) is 2.73. The summed E-state index contributed by atoms with van der Waals surface area (Å²) in [7, 11) is 3.54. The van der Waals surface area contributed by atoms with Crippen LogP contribution in [0.5, 0.6) is 11.5 Å². The quantitative estimate of drug-likeness (QED) is 0.810. The molecule has 0 amide bonds. The molecule has 0 atom stereocenters. The number of nitrogens with one attached hydrogen (secondary N) is 1. The highest BCUT2D eigenvalue weighted by Crippen LogP contribution is 2.25. The molecule has 1 aromatic carbocycles.